The molecule has 4 heteroatoms. The molecule has 1 radical (unpaired) electrons. The van der Waals surface area contributed by atoms with Crippen molar-refractivity contribution in [2.24, 2.45) is 0 Å². The van der Waals surface area contributed by atoms with Crippen LogP contribution < -0.4 is 0 Å². The van der Waals surface area contributed by atoms with Crippen molar-refractivity contribution in [3.8, 4) is 0 Å². The van der Waals surface area contributed by atoms with E-state index < -0.39 is 5.97 Å². The third-order valence-electron chi connectivity index (χ3n) is 0.243. The summed E-state index contributed by atoms with van der Waals surface area (Å²) in [6, 6.07) is 0. The monoisotopic (exact) mass is 169 g/mol. The molecule has 0 aromatic heterocycles. The Morgan fingerprint density at radius 1 is 1.86 bits per heavy atom. The van der Waals surface area contributed by atoms with Crippen LogP contribution in [0.1, 0.15) is 0 Å². The second kappa shape index (κ2) is 6.02. The Morgan fingerprint density at radius 2 is 2.29 bits per heavy atom. The molecule has 0 amide bonds. The molecule has 0 saturated carbocycles. The van der Waals surface area contributed by atoms with Gasteiger partial charge in [0.15, 0.2) is 0 Å². The van der Waals surface area contributed by atoms with E-state index >= 15 is 0 Å². The molecule has 0 aromatic rings. The largest absolute Gasteiger partial charge is 0.348 e. The Balaban J connectivity index is 0. The van der Waals surface area contributed by atoms with Crippen LogP contribution in [0.4, 0.5) is 0 Å². The van der Waals surface area contributed by atoms with Crippen molar-refractivity contribution >= 4 is 17.8 Å². The Hall–Kier alpha value is 0.0195. The minimum Gasteiger partial charge on any atom is -0.344 e. The van der Waals surface area contributed by atoms with Crippen molar-refractivity contribution in [3.63, 3.8) is 0 Å². The number of halogens is 1. The molecule has 0 atom stereocenters. The van der Waals surface area contributed by atoms with Crippen LogP contribution >= 0.6 is 11.9 Å². The first-order valence-electron chi connectivity index (χ1n) is 1.26. The zero-order valence-electron chi connectivity index (χ0n) is 3.28. The Labute approximate surface area is 57.1 Å². The van der Waals surface area contributed by atoms with Crippen LogP contribution in [0.2, 0.25) is 0 Å². The molecule has 2 nitrogen and oxygen atoms in total. The van der Waals surface area contributed by atoms with E-state index in [-0.39, 0.29) is 17.1 Å². The van der Waals surface area contributed by atoms with Gasteiger partial charge in [-0.3, -0.25) is 0 Å². The van der Waals surface area contributed by atoms with Crippen molar-refractivity contribution in [2.75, 3.05) is 0 Å². The minimum atomic E-state index is -0.628. The van der Waals surface area contributed by atoms with Gasteiger partial charge in [-0.05, 0) is 0 Å². The smallest absolute Gasteiger partial charge is 0.344 e. The Kier molecular flexibility index (Phi) is 8.68. The van der Waals surface area contributed by atoms with Gasteiger partial charge in [0.1, 0.15) is 11.9 Å². The van der Waals surface area contributed by atoms with Crippen LogP contribution in [-0.2, 0) is 26.2 Å². The molecule has 0 rings (SSSR count). The first-order chi connectivity index (χ1) is 2.81. The quantitative estimate of drug-likeness (QED) is 0.431. The average Bonchev–Trinajstić information content (AvgIpc) is 1.65. The van der Waals surface area contributed by atoms with Gasteiger partial charge in [0, 0.05) is 23.1 Å². The van der Waals surface area contributed by atoms with Crippen LogP contribution in [0, 0.1) is 0 Å². The van der Waals surface area contributed by atoms with Crippen LogP contribution in [0.25, 0.3) is 0 Å². The van der Waals surface area contributed by atoms with Crippen LogP contribution in [0.15, 0.2) is 12.7 Å². The molecule has 0 bridgehead atoms. The van der Waals surface area contributed by atoms with Gasteiger partial charge in [-0.1, -0.05) is 6.58 Å². The van der Waals surface area contributed by atoms with E-state index in [1.165, 1.54) is 0 Å². The topological polar surface area (TPSA) is 26.3 Å². The summed E-state index contributed by atoms with van der Waals surface area (Å²) < 4.78 is 3.61. The predicted molar refractivity (Wildman–Crippen MR) is 22.1 cm³/mol. The number of carbonyl (C=O) groups excluding carboxylic acids is 1. The first kappa shape index (κ1) is 10.1. The van der Waals surface area contributed by atoms with E-state index in [1.807, 2.05) is 0 Å². The van der Waals surface area contributed by atoms with Crippen molar-refractivity contribution < 1.29 is 26.2 Å². The summed E-state index contributed by atoms with van der Waals surface area (Å²) in [5.41, 5.74) is 0. The fourth-order valence-electron chi connectivity index (χ4n) is 0.0315. The standard InChI is InChI=1S/C3H3ClO2.Cu/c1-2-3(5)6-4;/h2H,1H2;. The van der Waals surface area contributed by atoms with Crippen LogP contribution in [0.3, 0.4) is 0 Å². The van der Waals surface area contributed by atoms with E-state index in [4.69, 9.17) is 0 Å². The Morgan fingerprint density at radius 3 is 2.29 bits per heavy atom. The molecule has 0 unspecified atom stereocenters. The summed E-state index contributed by atoms with van der Waals surface area (Å²) >= 11 is 4.53. The van der Waals surface area contributed by atoms with E-state index in [2.05, 4.69) is 22.7 Å². The van der Waals surface area contributed by atoms with Gasteiger partial charge in [-0.2, -0.15) is 0 Å². The van der Waals surface area contributed by atoms with E-state index in [1.54, 1.807) is 0 Å². The third kappa shape index (κ3) is 6.02. The maximum Gasteiger partial charge on any atom is 0.348 e. The van der Waals surface area contributed by atoms with E-state index in [9.17, 15) is 4.79 Å². The molecule has 0 aliphatic heterocycles. The van der Waals surface area contributed by atoms with Gasteiger partial charge in [-0.25, -0.2) is 4.79 Å². The third-order valence-corrected chi connectivity index (χ3v) is 0.395. The molecule has 0 aliphatic carbocycles. The molecule has 0 fully saturated rings. The molecule has 0 N–H and O–H groups in total. The first-order valence-corrected chi connectivity index (χ1v) is 1.57. The summed E-state index contributed by atoms with van der Waals surface area (Å²) in [5, 5.41) is 0. The maximum atomic E-state index is 9.71. The van der Waals surface area contributed by atoms with Crippen molar-refractivity contribution in [1.82, 2.24) is 0 Å². The fraction of sp³-hybridized carbons (Fsp3) is 0. The molecule has 0 aromatic carbocycles. The van der Waals surface area contributed by atoms with Crippen LogP contribution in [-0.4, -0.2) is 5.97 Å². The number of carbonyl (C=O) groups is 1. The van der Waals surface area contributed by atoms with Gasteiger partial charge in [0.25, 0.3) is 0 Å². The van der Waals surface area contributed by atoms with Gasteiger partial charge >= 0.3 is 5.97 Å². The molecular formula is C3H3ClCuO2. The SMILES string of the molecule is C=CC(=O)OCl.[Cu]. The predicted octanol–water partition coefficient (Wildman–Crippen LogP) is 0.867. The van der Waals surface area contributed by atoms with Gasteiger partial charge in [-0.15, -0.1) is 0 Å². The van der Waals surface area contributed by atoms with Crippen molar-refractivity contribution in [2.45, 2.75) is 0 Å². The molecule has 0 aliphatic rings. The van der Waals surface area contributed by atoms with E-state index in [0.29, 0.717) is 0 Å². The molecule has 0 spiro atoms. The average molecular weight is 170 g/mol. The Bertz CT molecular complexity index is 73.3. The second-order valence-corrected chi connectivity index (χ2v) is 0.755. The second-order valence-electron chi connectivity index (χ2n) is 0.600. The van der Waals surface area contributed by atoms with Gasteiger partial charge in [0.05, 0.1) is 0 Å². The van der Waals surface area contributed by atoms with Gasteiger partial charge in [0.2, 0.25) is 0 Å². The van der Waals surface area contributed by atoms with Gasteiger partial charge < -0.3 is 4.29 Å². The molecule has 0 saturated heterocycles. The summed E-state index contributed by atoms with van der Waals surface area (Å²) in [6.45, 7) is 3.07. The van der Waals surface area contributed by atoms with Crippen molar-refractivity contribution in [3.05, 3.63) is 12.7 Å². The number of hydrogen-bond acceptors (Lipinski definition) is 2. The summed E-state index contributed by atoms with van der Waals surface area (Å²) in [5.74, 6) is -0.628. The van der Waals surface area contributed by atoms with E-state index in [0.717, 1.165) is 6.08 Å². The maximum absolute atomic E-state index is 9.71. The number of rotatable bonds is 1. The summed E-state index contributed by atoms with van der Waals surface area (Å²) in [4.78, 5) is 9.71. The minimum absolute atomic E-state index is 0. The number of hydrogen-bond donors (Lipinski definition) is 0. The zero-order valence-corrected chi connectivity index (χ0v) is 4.98. The normalized spacial score (nSPS) is 5.86. The molecule has 7 heavy (non-hydrogen) atoms. The molecule has 45 valence electrons. The van der Waals surface area contributed by atoms with Crippen molar-refractivity contribution in [1.29, 1.82) is 0 Å². The summed E-state index contributed by atoms with van der Waals surface area (Å²) in [7, 11) is 0. The molecular weight excluding hydrogens is 167 g/mol. The zero-order chi connectivity index (χ0) is 4.99. The molecule has 0 heterocycles. The van der Waals surface area contributed by atoms with Crippen LogP contribution in [0.5, 0.6) is 0 Å². The summed E-state index contributed by atoms with van der Waals surface area (Å²) in [6.07, 6.45) is 0.979. The fourth-order valence-corrected chi connectivity index (χ4v) is 0.0945.